The van der Waals surface area contributed by atoms with Crippen LogP contribution in [0.3, 0.4) is 0 Å². The van der Waals surface area contributed by atoms with Crippen molar-refractivity contribution in [2.45, 2.75) is 32.4 Å². The lowest BCUT2D eigenvalue weighted by molar-refractivity contribution is -0.120. The molecule has 0 atom stereocenters. The molecule has 34 heavy (non-hydrogen) atoms. The minimum Gasteiger partial charge on any atom is -0.505 e. The zero-order valence-corrected chi connectivity index (χ0v) is 19.9. The first-order valence-corrected chi connectivity index (χ1v) is 11.4. The Labute approximate surface area is 199 Å². The summed E-state index contributed by atoms with van der Waals surface area (Å²) in [6.45, 7) is 3.06. The van der Waals surface area contributed by atoms with E-state index in [0.717, 1.165) is 35.2 Å². The van der Waals surface area contributed by atoms with E-state index in [2.05, 4.69) is 15.2 Å². The van der Waals surface area contributed by atoms with Crippen LogP contribution in [-0.2, 0) is 24.3 Å². The third kappa shape index (κ3) is 5.02. The minimum absolute atomic E-state index is 0.138. The first-order chi connectivity index (χ1) is 16.5. The highest BCUT2D eigenvalue weighted by Gasteiger charge is 2.19. The highest BCUT2D eigenvalue weighted by atomic mass is 16.5. The van der Waals surface area contributed by atoms with Gasteiger partial charge >= 0.3 is 0 Å². The van der Waals surface area contributed by atoms with Crippen LogP contribution in [0.15, 0.2) is 36.5 Å². The van der Waals surface area contributed by atoms with Gasteiger partial charge in [0.05, 0.1) is 27.8 Å². The van der Waals surface area contributed by atoms with Crippen molar-refractivity contribution in [1.82, 2.24) is 15.2 Å². The SMILES string of the molecule is COc1cc(CC(=O)NCc2cc(CN3CCCC3)c(O)c3ncccc23)cc(OC)c1OC. The summed E-state index contributed by atoms with van der Waals surface area (Å²) in [7, 11) is 4.64. The Morgan fingerprint density at radius 1 is 1.06 bits per heavy atom. The number of pyridine rings is 1. The Kier molecular flexibility index (Phi) is 7.37. The molecule has 2 heterocycles. The molecule has 8 heteroatoms. The summed E-state index contributed by atoms with van der Waals surface area (Å²) in [5.41, 5.74) is 3.07. The van der Waals surface area contributed by atoms with Crippen molar-refractivity contribution >= 4 is 16.8 Å². The lowest BCUT2D eigenvalue weighted by Crippen LogP contribution is -2.25. The Balaban J connectivity index is 1.53. The van der Waals surface area contributed by atoms with Crippen molar-refractivity contribution in [3.63, 3.8) is 0 Å². The van der Waals surface area contributed by atoms with Gasteiger partial charge in [-0.1, -0.05) is 6.07 Å². The van der Waals surface area contributed by atoms with Crippen molar-refractivity contribution in [2.24, 2.45) is 0 Å². The number of rotatable bonds is 9. The van der Waals surface area contributed by atoms with Crippen LogP contribution in [0.4, 0.5) is 0 Å². The van der Waals surface area contributed by atoms with Gasteiger partial charge in [-0.2, -0.15) is 0 Å². The number of carbonyl (C=O) groups excluding carboxylic acids is 1. The van der Waals surface area contributed by atoms with Gasteiger partial charge in [-0.3, -0.25) is 14.7 Å². The summed E-state index contributed by atoms with van der Waals surface area (Å²) < 4.78 is 16.1. The van der Waals surface area contributed by atoms with Gasteiger partial charge in [-0.15, -0.1) is 0 Å². The Morgan fingerprint density at radius 3 is 2.41 bits per heavy atom. The smallest absolute Gasteiger partial charge is 0.224 e. The standard InChI is InChI=1S/C26H31N3O5/c1-32-21-11-17(12-22(33-2)26(21)34-3)13-23(30)28-15-18-14-19(16-29-9-4-5-10-29)25(31)24-20(18)7-6-8-27-24/h6-8,11-12,14,31H,4-5,9-10,13,15-16H2,1-3H3,(H,28,30). The zero-order chi connectivity index (χ0) is 24.1. The second-order valence-electron chi connectivity index (χ2n) is 8.41. The molecule has 1 aliphatic heterocycles. The van der Waals surface area contributed by atoms with E-state index in [1.54, 1.807) is 39.7 Å². The van der Waals surface area contributed by atoms with Crippen molar-refractivity contribution < 1.29 is 24.1 Å². The number of nitrogens with one attached hydrogen (secondary N) is 1. The Morgan fingerprint density at radius 2 is 1.76 bits per heavy atom. The average Bonchev–Trinajstić information content (AvgIpc) is 3.37. The van der Waals surface area contributed by atoms with E-state index in [1.165, 1.54) is 12.8 Å². The van der Waals surface area contributed by atoms with Crippen LogP contribution in [0.2, 0.25) is 0 Å². The molecule has 0 spiro atoms. The molecule has 1 fully saturated rings. The molecule has 1 saturated heterocycles. The number of amides is 1. The fraction of sp³-hybridized carbons (Fsp3) is 0.385. The number of hydrogen-bond acceptors (Lipinski definition) is 7. The molecule has 0 aliphatic carbocycles. The molecule has 2 aromatic carbocycles. The minimum atomic E-state index is -0.138. The molecule has 0 unspecified atom stereocenters. The van der Waals surface area contributed by atoms with Gasteiger partial charge in [0.25, 0.3) is 0 Å². The van der Waals surface area contributed by atoms with E-state index in [-0.39, 0.29) is 18.1 Å². The van der Waals surface area contributed by atoms with Crippen LogP contribution >= 0.6 is 0 Å². The molecule has 1 aliphatic rings. The highest BCUT2D eigenvalue weighted by molar-refractivity contribution is 5.89. The van der Waals surface area contributed by atoms with Crippen LogP contribution < -0.4 is 19.5 Å². The van der Waals surface area contributed by atoms with E-state index in [0.29, 0.717) is 35.9 Å². The van der Waals surface area contributed by atoms with Gasteiger partial charge < -0.3 is 24.6 Å². The number of phenolic OH excluding ortho intramolecular Hbond substituents is 1. The largest absolute Gasteiger partial charge is 0.505 e. The van der Waals surface area contributed by atoms with Crippen LogP contribution in [0.1, 0.15) is 29.5 Å². The van der Waals surface area contributed by atoms with Gasteiger partial charge in [0.2, 0.25) is 11.7 Å². The third-order valence-electron chi connectivity index (χ3n) is 6.19. The summed E-state index contributed by atoms with van der Waals surface area (Å²) in [5, 5.41) is 14.7. The fourth-order valence-corrected chi connectivity index (χ4v) is 4.49. The molecule has 2 N–H and O–H groups in total. The van der Waals surface area contributed by atoms with E-state index < -0.39 is 0 Å². The van der Waals surface area contributed by atoms with Gasteiger partial charge in [-0.05, 0) is 61.3 Å². The van der Waals surface area contributed by atoms with Gasteiger partial charge in [0.15, 0.2) is 11.5 Å². The molecule has 1 amide bonds. The van der Waals surface area contributed by atoms with Crippen LogP contribution in [-0.4, -0.2) is 55.3 Å². The normalized spacial score (nSPS) is 13.7. The number of benzene rings is 2. The highest BCUT2D eigenvalue weighted by Crippen LogP contribution is 2.38. The predicted molar refractivity (Wildman–Crippen MR) is 130 cm³/mol. The van der Waals surface area contributed by atoms with E-state index in [1.807, 2.05) is 18.2 Å². The maximum absolute atomic E-state index is 12.8. The van der Waals surface area contributed by atoms with Crippen molar-refractivity contribution in [1.29, 1.82) is 0 Å². The molecule has 0 saturated carbocycles. The average molecular weight is 466 g/mol. The summed E-state index contributed by atoms with van der Waals surface area (Å²) >= 11 is 0. The number of ether oxygens (including phenoxy) is 3. The van der Waals surface area contributed by atoms with E-state index in [9.17, 15) is 9.90 Å². The van der Waals surface area contributed by atoms with Crippen molar-refractivity contribution in [3.05, 3.63) is 53.2 Å². The summed E-state index contributed by atoms with van der Waals surface area (Å²) in [6, 6.07) is 9.28. The van der Waals surface area contributed by atoms with Gasteiger partial charge in [-0.25, -0.2) is 0 Å². The topological polar surface area (TPSA) is 93.2 Å². The number of aromatic hydroxyl groups is 1. The quantitative estimate of drug-likeness (QED) is 0.500. The number of aromatic nitrogens is 1. The lowest BCUT2D eigenvalue weighted by Gasteiger charge is -2.18. The maximum atomic E-state index is 12.8. The molecule has 3 aromatic rings. The second-order valence-corrected chi connectivity index (χ2v) is 8.41. The maximum Gasteiger partial charge on any atom is 0.224 e. The number of carbonyl (C=O) groups is 1. The number of fused-ring (bicyclic) bond motifs is 1. The number of likely N-dealkylation sites (tertiary alicyclic amines) is 1. The summed E-state index contributed by atoms with van der Waals surface area (Å²) in [6.07, 6.45) is 4.19. The summed E-state index contributed by atoms with van der Waals surface area (Å²) in [5.74, 6) is 1.58. The van der Waals surface area contributed by atoms with Crippen molar-refractivity contribution in [2.75, 3.05) is 34.4 Å². The zero-order valence-electron chi connectivity index (χ0n) is 19.9. The lowest BCUT2D eigenvalue weighted by atomic mass is 10.0. The molecule has 8 nitrogen and oxygen atoms in total. The monoisotopic (exact) mass is 465 g/mol. The molecule has 180 valence electrons. The third-order valence-corrected chi connectivity index (χ3v) is 6.19. The fourth-order valence-electron chi connectivity index (χ4n) is 4.49. The molecule has 0 radical (unpaired) electrons. The molecular weight excluding hydrogens is 434 g/mol. The molecule has 1 aromatic heterocycles. The van der Waals surface area contributed by atoms with E-state index in [4.69, 9.17) is 14.2 Å². The van der Waals surface area contributed by atoms with Crippen LogP contribution in [0.5, 0.6) is 23.0 Å². The number of nitrogens with zero attached hydrogens (tertiary/aromatic N) is 2. The molecule has 4 rings (SSSR count). The molecular formula is C26H31N3O5. The van der Waals surface area contributed by atoms with Gasteiger partial charge in [0, 0.05) is 30.2 Å². The van der Waals surface area contributed by atoms with Gasteiger partial charge in [0.1, 0.15) is 11.3 Å². The number of hydrogen-bond donors (Lipinski definition) is 2. The predicted octanol–water partition coefficient (Wildman–Crippen LogP) is 3.42. The Hall–Kier alpha value is -3.52. The number of methoxy groups -OCH3 is 3. The van der Waals surface area contributed by atoms with Crippen LogP contribution in [0.25, 0.3) is 10.9 Å². The second kappa shape index (κ2) is 10.6. The van der Waals surface area contributed by atoms with Crippen molar-refractivity contribution in [3.8, 4) is 23.0 Å². The van der Waals surface area contributed by atoms with E-state index >= 15 is 0 Å². The first kappa shape index (κ1) is 23.6. The molecule has 0 bridgehead atoms. The summed E-state index contributed by atoms with van der Waals surface area (Å²) in [4.78, 5) is 19.5. The van der Waals surface area contributed by atoms with Crippen LogP contribution in [0, 0.1) is 0 Å². The Bertz CT molecular complexity index is 1150. The first-order valence-electron chi connectivity index (χ1n) is 11.4. The number of phenols is 1.